The molecule has 0 aliphatic heterocycles. The van der Waals surface area contributed by atoms with Crippen molar-refractivity contribution in [1.82, 2.24) is 5.32 Å². The molecular weight excluding hydrogens is 438 g/mol. The summed E-state index contributed by atoms with van der Waals surface area (Å²) >= 11 is 9.60. The number of methoxy groups -OCH3 is 1. The summed E-state index contributed by atoms with van der Waals surface area (Å²) in [6.07, 6.45) is 0.900. The van der Waals surface area contributed by atoms with Crippen molar-refractivity contribution in [1.29, 1.82) is 0 Å². The van der Waals surface area contributed by atoms with E-state index in [4.69, 9.17) is 21.1 Å². The molecule has 0 atom stereocenters. The van der Waals surface area contributed by atoms with Gasteiger partial charge in [0.25, 0.3) is 0 Å². The van der Waals surface area contributed by atoms with E-state index in [0.29, 0.717) is 6.61 Å². The van der Waals surface area contributed by atoms with Crippen LogP contribution in [0, 0.1) is 0 Å². The van der Waals surface area contributed by atoms with E-state index in [1.165, 1.54) is 5.56 Å². The van der Waals surface area contributed by atoms with Crippen LogP contribution in [0.1, 0.15) is 16.7 Å². The number of para-hydroxylation sites is 1. The van der Waals surface area contributed by atoms with Crippen LogP contribution in [-0.4, -0.2) is 13.7 Å². The summed E-state index contributed by atoms with van der Waals surface area (Å²) in [5.41, 5.74) is 3.35. The first-order chi connectivity index (χ1) is 13.7. The Labute approximate surface area is 179 Å². The average molecular weight is 461 g/mol. The van der Waals surface area contributed by atoms with Crippen LogP contribution in [0.2, 0.25) is 5.02 Å². The molecule has 5 heteroatoms. The molecule has 0 saturated heterocycles. The number of benzene rings is 3. The molecule has 1 N–H and O–H groups in total. The number of hydrogen-bond acceptors (Lipinski definition) is 3. The normalized spacial score (nSPS) is 10.7. The third-order valence-electron chi connectivity index (χ3n) is 4.38. The van der Waals surface area contributed by atoms with E-state index in [2.05, 4.69) is 33.4 Å². The average Bonchev–Trinajstić information content (AvgIpc) is 2.71. The van der Waals surface area contributed by atoms with Gasteiger partial charge >= 0.3 is 0 Å². The smallest absolute Gasteiger partial charge is 0.124 e. The van der Waals surface area contributed by atoms with Gasteiger partial charge in [0.15, 0.2) is 0 Å². The predicted molar refractivity (Wildman–Crippen MR) is 118 cm³/mol. The van der Waals surface area contributed by atoms with Crippen molar-refractivity contribution in [2.24, 2.45) is 0 Å². The molecule has 3 rings (SSSR count). The molecule has 0 spiro atoms. The van der Waals surface area contributed by atoms with Crippen LogP contribution in [0.25, 0.3) is 0 Å². The maximum Gasteiger partial charge on any atom is 0.124 e. The van der Waals surface area contributed by atoms with Crippen LogP contribution in [-0.2, 0) is 19.6 Å². The molecular formula is C23H23BrClNO2. The van der Waals surface area contributed by atoms with Gasteiger partial charge in [0.2, 0.25) is 0 Å². The summed E-state index contributed by atoms with van der Waals surface area (Å²) in [6.45, 7) is 2.05. The zero-order chi connectivity index (χ0) is 19.8. The van der Waals surface area contributed by atoms with Crippen LogP contribution in [0.5, 0.6) is 11.5 Å². The molecule has 0 aromatic heterocycles. The van der Waals surface area contributed by atoms with E-state index in [1.54, 1.807) is 7.11 Å². The van der Waals surface area contributed by atoms with Crippen molar-refractivity contribution in [3.8, 4) is 11.5 Å². The Balaban J connectivity index is 1.58. The fraction of sp³-hybridized carbons (Fsp3) is 0.217. The van der Waals surface area contributed by atoms with E-state index in [-0.39, 0.29) is 0 Å². The fourth-order valence-electron chi connectivity index (χ4n) is 2.97. The molecule has 28 heavy (non-hydrogen) atoms. The van der Waals surface area contributed by atoms with Crippen molar-refractivity contribution >= 4 is 27.5 Å². The monoisotopic (exact) mass is 459 g/mol. The maximum atomic E-state index is 6.05. The van der Waals surface area contributed by atoms with Gasteiger partial charge in [-0.15, -0.1) is 0 Å². The zero-order valence-corrected chi connectivity index (χ0v) is 18.1. The second kappa shape index (κ2) is 10.5. The third kappa shape index (κ3) is 5.99. The SMILES string of the molecule is COc1ccccc1CCNCc1cc(Br)ccc1OCc1cccc(Cl)c1. The number of hydrogen-bond donors (Lipinski definition) is 1. The van der Waals surface area contributed by atoms with Crippen LogP contribution < -0.4 is 14.8 Å². The van der Waals surface area contributed by atoms with Gasteiger partial charge in [0, 0.05) is 21.6 Å². The lowest BCUT2D eigenvalue weighted by atomic mass is 10.1. The van der Waals surface area contributed by atoms with Crippen molar-refractivity contribution in [3.63, 3.8) is 0 Å². The van der Waals surface area contributed by atoms with Gasteiger partial charge in [-0.05, 0) is 60.5 Å². The summed E-state index contributed by atoms with van der Waals surface area (Å²) in [5.74, 6) is 1.80. The molecule has 0 fully saturated rings. The quantitative estimate of drug-likeness (QED) is 0.396. The lowest BCUT2D eigenvalue weighted by Gasteiger charge is -2.14. The van der Waals surface area contributed by atoms with Gasteiger partial charge in [-0.3, -0.25) is 0 Å². The number of halogens is 2. The molecule has 3 aromatic carbocycles. The molecule has 3 nitrogen and oxygen atoms in total. The summed E-state index contributed by atoms with van der Waals surface area (Å²) in [6, 6.07) is 21.9. The Morgan fingerprint density at radius 2 is 1.79 bits per heavy atom. The highest BCUT2D eigenvalue weighted by atomic mass is 79.9. The van der Waals surface area contributed by atoms with Crippen molar-refractivity contribution in [2.75, 3.05) is 13.7 Å². The first-order valence-electron chi connectivity index (χ1n) is 9.14. The van der Waals surface area contributed by atoms with Crippen LogP contribution in [0.3, 0.4) is 0 Å². The van der Waals surface area contributed by atoms with E-state index in [0.717, 1.165) is 51.6 Å². The predicted octanol–water partition coefficient (Wildman–Crippen LogP) is 6.02. The largest absolute Gasteiger partial charge is 0.496 e. The standard InChI is InChI=1S/C23H23BrClNO2/c1-27-22-8-3-2-6-18(22)11-12-26-15-19-14-20(24)9-10-23(19)28-16-17-5-4-7-21(25)13-17/h2-10,13-14,26H,11-12,15-16H2,1H3. The highest BCUT2D eigenvalue weighted by molar-refractivity contribution is 9.10. The Morgan fingerprint density at radius 1 is 0.929 bits per heavy atom. The molecule has 146 valence electrons. The van der Waals surface area contributed by atoms with Gasteiger partial charge in [0.1, 0.15) is 18.1 Å². The molecule has 0 aliphatic carbocycles. The summed E-state index contributed by atoms with van der Waals surface area (Å²) in [4.78, 5) is 0. The lowest BCUT2D eigenvalue weighted by molar-refractivity contribution is 0.302. The molecule has 3 aromatic rings. The molecule has 0 radical (unpaired) electrons. The highest BCUT2D eigenvalue weighted by Gasteiger charge is 2.07. The van der Waals surface area contributed by atoms with Gasteiger partial charge in [-0.2, -0.15) is 0 Å². The number of nitrogens with one attached hydrogen (secondary N) is 1. The molecule has 0 amide bonds. The first-order valence-corrected chi connectivity index (χ1v) is 10.3. The second-order valence-corrected chi connectivity index (χ2v) is 7.76. The molecule has 0 heterocycles. The van der Waals surface area contributed by atoms with Crippen LogP contribution in [0.15, 0.2) is 71.2 Å². The zero-order valence-electron chi connectivity index (χ0n) is 15.8. The van der Waals surface area contributed by atoms with Gasteiger partial charge in [0.05, 0.1) is 7.11 Å². The minimum Gasteiger partial charge on any atom is -0.496 e. The topological polar surface area (TPSA) is 30.5 Å². The van der Waals surface area contributed by atoms with Crippen molar-refractivity contribution in [2.45, 2.75) is 19.6 Å². The second-order valence-electron chi connectivity index (χ2n) is 6.41. The molecule has 0 unspecified atom stereocenters. The van der Waals surface area contributed by atoms with Gasteiger partial charge in [-0.1, -0.05) is 57.9 Å². The van der Waals surface area contributed by atoms with Gasteiger partial charge in [-0.25, -0.2) is 0 Å². The minimum absolute atomic E-state index is 0.483. The van der Waals surface area contributed by atoms with Crippen molar-refractivity contribution in [3.05, 3.63) is 92.9 Å². The third-order valence-corrected chi connectivity index (χ3v) is 5.11. The number of rotatable bonds is 9. The molecule has 0 bridgehead atoms. The van der Waals surface area contributed by atoms with E-state index < -0.39 is 0 Å². The summed E-state index contributed by atoms with van der Waals surface area (Å²) in [7, 11) is 1.71. The van der Waals surface area contributed by atoms with Crippen molar-refractivity contribution < 1.29 is 9.47 Å². The summed E-state index contributed by atoms with van der Waals surface area (Å²) < 4.78 is 12.5. The van der Waals surface area contributed by atoms with E-state index >= 15 is 0 Å². The fourth-order valence-corrected chi connectivity index (χ4v) is 3.59. The Morgan fingerprint density at radius 3 is 2.61 bits per heavy atom. The molecule has 0 aliphatic rings. The first kappa shape index (κ1) is 20.7. The molecule has 0 saturated carbocycles. The Bertz CT molecular complexity index is 917. The Hall–Kier alpha value is -2.01. The van der Waals surface area contributed by atoms with E-state index in [9.17, 15) is 0 Å². The van der Waals surface area contributed by atoms with Crippen LogP contribution in [0.4, 0.5) is 0 Å². The maximum absolute atomic E-state index is 6.05. The number of ether oxygens (including phenoxy) is 2. The summed E-state index contributed by atoms with van der Waals surface area (Å²) in [5, 5.41) is 4.22. The minimum atomic E-state index is 0.483. The Kier molecular flexibility index (Phi) is 7.78. The highest BCUT2D eigenvalue weighted by Crippen LogP contribution is 2.25. The van der Waals surface area contributed by atoms with Crippen LogP contribution >= 0.6 is 27.5 Å². The van der Waals surface area contributed by atoms with E-state index in [1.807, 2.05) is 54.6 Å². The lowest BCUT2D eigenvalue weighted by Crippen LogP contribution is -2.17. The van der Waals surface area contributed by atoms with Gasteiger partial charge < -0.3 is 14.8 Å².